The third kappa shape index (κ3) is 3.67. The van der Waals surface area contributed by atoms with E-state index in [1.54, 1.807) is 0 Å². The summed E-state index contributed by atoms with van der Waals surface area (Å²) in [5.41, 5.74) is 6.96. The zero-order valence-corrected chi connectivity index (χ0v) is 23.1. The molecule has 9 aromatic rings. The van der Waals surface area contributed by atoms with Crippen LogP contribution in [0.1, 0.15) is 0 Å². The summed E-state index contributed by atoms with van der Waals surface area (Å²) in [7, 11) is 0. The highest BCUT2D eigenvalue weighted by molar-refractivity contribution is 6.23. The number of nitrogens with zero attached hydrogens (tertiary/aromatic N) is 2. The fourth-order valence-electron chi connectivity index (χ4n) is 6.35. The van der Waals surface area contributed by atoms with Crippen molar-refractivity contribution >= 4 is 71.6 Å². The molecule has 0 amide bonds. The van der Waals surface area contributed by atoms with Crippen molar-refractivity contribution in [3.63, 3.8) is 0 Å². The molecule has 2 heterocycles. The number of fused-ring (bicyclic) bond motifs is 7. The number of hydrogen-bond donors (Lipinski definition) is 0. The molecule has 0 atom stereocenters. The van der Waals surface area contributed by atoms with Gasteiger partial charge < -0.3 is 13.7 Å². The summed E-state index contributed by atoms with van der Waals surface area (Å²) in [5.74, 6) is 0.574. The predicted octanol–water partition coefficient (Wildman–Crippen LogP) is 11.2. The standard InChI is InChI=1S/C39H24N2O2/c1-3-13-25(14-4-1)39-40-37-35(43-39)24-34-36(31-21-11-12-22-33(31)42-34)38(37)41(27-16-5-2-6-17-27)32-23-26-15-7-8-18-28(26)29-19-9-10-20-30(29)32/h1-24H. The normalized spacial score (nSPS) is 11.7. The maximum Gasteiger partial charge on any atom is 0.227 e. The molecule has 0 aliphatic rings. The molecule has 0 N–H and O–H groups in total. The van der Waals surface area contributed by atoms with Crippen molar-refractivity contribution < 1.29 is 8.83 Å². The van der Waals surface area contributed by atoms with E-state index in [2.05, 4.69) is 95.9 Å². The molecule has 0 unspecified atom stereocenters. The van der Waals surface area contributed by atoms with Crippen molar-refractivity contribution in [2.75, 3.05) is 4.90 Å². The van der Waals surface area contributed by atoms with Gasteiger partial charge in [0.1, 0.15) is 16.7 Å². The minimum absolute atomic E-state index is 0.574. The molecular formula is C39H24N2O2. The highest BCUT2D eigenvalue weighted by Crippen LogP contribution is 2.49. The largest absolute Gasteiger partial charge is 0.456 e. The van der Waals surface area contributed by atoms with E-state index in [9.17, 15) is 0 Å². The molecule has 0 spiro atoms. The molecule has 202 valence electrons. The van der Waals surface area contributed by atoms with Crippen molar-refractivity contribution in [2.24, 2.45) is 0 Å². The van der Waals surface area contributed by atoms with Crippen molar-refractivity contribution in [1.29, 1.82) is 0 Å². The summed E-state index contributed by atoms with van der Waals surface area (Å²) in [4.78, 5) is 7.52. The van der Waals surface area contributed by atoms with Crippen molar-refractivity contribution in [3.05, 3.63) is 146 Å². The fraction of sp³-hybridized carbons (Fsp3) is 0. The Morgan fingerprint density at radius 1 is 0.488 bits per heavy atom. The van der Waals surface area contributed by atoms with E-state index in [0.29, 0.717) is 11.5 Å². The predicted molar refractivity (Wildman–Crippen MR) is 176 cm³/mol. The second-order valence-electron chi connectivity index (χ2n) is 10.8. The molecule has 0 saturated heterocycles. The first kappa shape index (κ1) is 23.8. The Morgan fingerprint density at radius 3 is 1.95 bits per heavy atom. The summed E-state index contributed by atoms with van der Waals surface area (Å²) < 4.78 is 13.0. The van der Waals surface area contributed by atoms with E-state index in [1.807, 2.05) is 54.6 Å². The average Bonchev–Trinajstić information content (AvgIpc) is 3.67. The van der Waals surface area contributed by atoms with Crippen LogP contribution in [0.5, 0.6) is 0 Å². The second-order valence-corrected chi connectivity index (χ2v) is 10.8. The number of para-hydroxylation sites is 2. The summed E-state index contributed by atoms with van der Waals surface area (Å²) in [6.45, 7) is 0. The SMILES string of the molecule is c1ccc(-c2nc3c(N(c4ccccc4)c4cc5ccccc5c5ccccc45)c4c(cc3o2)oc2ccccc24)cc1. The van der Waals surface area contributed by atoms with E-state index in [0.717, 1.165) is 55.5 Å². The highest BCUT2D eigenvalue weighted by Gasteiger charge is 2.27. The Hall–Kier alpha value is -5.87. The smallest absolute Gasteiger partial charge is 0.227 e. The molecule has 0 radical (unpaired) electrons. The molecule has 2 aromatic heterocycles. The minimum atomic E-state index is 0.574. The van der Waals surface area contributed by atoms with E-state index in [1.165, 1.54) is 16.2 Å². The van der Waals surface area contributed by atoms with Gasteiger partial charge in [0.2, 0.25) is 5.89 Å². The van der Waals surface area contributed by atoms with Gasteiger partial charge in [0.25, 0.3) is 0 Å². The van der Waals surface area contributed by atoms with Crippen LogP contribution < -0.4 is 4.90 Å². The molecule has 0 aliphatic heterocycles. The molecule has 0 aliphatic carbocycles. The topological polar surface area (TPSA) is 42.4 Å². The van der Waals surface area contributed by atoms with Crippen LogP contribution in [-0.2, 0) is 0 Å². The molecule has 0 saturated carbocycles. The molecule has 7 aromatic carbocycles. The Labute approximate surface area is 247 Å². The maximum atomic E-state index is 6.48. The van der Waals surface area contributed by atoms with E-state index in [-0.39, 0.29) is 0 Å². The quantitative estimate of drug-likeness (QED) is 0.204. The van der Waals surface area contributed by atoms with Crippen molar-refractivity contribution in [1.82, 2.24) is 4.98 Å². The Bertz CT molecular complexity index is 2460. The van der Waals surface area contributed by atoms with Crippen molar-refractivity contribution in [2.45, 2.75) is 0 Å². The fourth-order valence-corrected chi connectivity index (χ4v) is 6.35. The lowest BCUT2D eigenvalue weighted by Gasteiger charge is -2.28. The van der Waals surface area contributed by atoms with Gasteiger partial charge in [0.05, 0.1) is 16.8 Å². The second kappa shape index (κ2) is 9.33. The molecule has 9 rings (SSSR count). The third-order valence-corrected chi connectivity index (χ3v) is 8.25. The van der Waals surface area contributed by atoms with Gasteiger partial charge in [-0.2, -0.15) is 0 Å². The zero-order chi connectivity index (χ0) is 28.3. The number of aromatic nitrogens is 1. The number of benzene rings is 7. The van der Waals surface area contributed by atoms with Gasteiger partial charge in [-0.1, -0.05) is 103 Å². The van der Waals surface area contributed by atoms with Crippen LogP contribution in [0.4, 0.5) is 17.1 Å². The van der Waals surface area contributed by atoms with Crippen LogP contribution in [0, 0.1) is 0 Å². The Kier molecular flexibility index (Phi) is 5.16. The Morgan fingerprint density at radius 2 is 1.14 bits per heavy atom. The number of rotatable bonds is 4. The van der Waals surface area contributed by atoms with E-state index < -0.39 is 0 Å². The number of furan rings is 1. The van der Waals surface area contributed by atoms with E-state index >= 15 is 0 Å². The minimum Gasteiger partial charge on any atom is -0.456 e. The monoisotopic (exact) mass is 552 g/mol. The third-order valence-electron chi connectivity index (χ3n) is 8.25. The van der Waals surface area contributed by atoms with Crippen molar-refractivity contribution in [3.8, 4) is 11.5 Å². The highest BCUT2D eigenvalue weighted by atomic mass is 16.4. The van der Waals surface area contributed by atoms with Gasteiger partial charge >= 0.3 is 0 Å². The lowest BCUT2D eigenvalue weighted by Crippen LogP contribution is -2.11. The first-order chi connectivity index (χ1) is 21.3. The summed E-state index contributed by atoms with van der Waals surface area (Å²) in [6, 6.07) is 50.2. The van der Waals surface area contributed by atoms with Gasteiger partial charge in [0, 0.05) is 28.1 Å². The summed E-state index contributed by atoms with van der Waals surface area (Å²) >= 11 is 0. The molecule has 0 bridgehead atoms. The maximum absolute atomic E-state index is 6.48. The zero-order valence-electron chi connectivity index (χ0n) is 23.1. The van der Waals surface area contributed by atoms with Crippen LogP contribution in [-0.4, -0.2) is 4.98 Å². The van der Waals surface area contributed by atoms with Crippen LogP contribution in [0.15, 0.2) is 154 Å². The number of oxazole rings is 1. The summed E-state index contributed by atoms with van der Waals surface area (Å²) in [5, 5.41) is 6.77. The lowest BCUT2D eigenvalue weighted by molar-refractivity contribution is 0.617. The van der Waals surface area contributed by atoms with Gasteiger partial charge in [-0.25, -0.2) is 4.98 Å². The first-order valence-electron chi connectivity index (χ1n) is 14.4. The molecule has 4 heteroatoms. The summed E-state index contributed by atoms with van der Waals surface area (Å²) in [6.07, 6.45) is 0. The van der Waals surface area contributed by atoms with Crippen LogP contribution in [0.3, 0.4) is 0 Å². The Balaban J connectivity index is 1.47. The van der Waals surface area contributed by atoms with Gasteiger partial charge in [-0.3, -0.25) is 0 Å². The average molecular weight is 553 g/mol. The van der Waals surface area contributed by atoms with Crippen LogP contribution in [0.25, 0.3) is 66.0 Å². The van der Waals surface area contributed by atoms with Gasteiger partial charge in [-0.15, -0.1) is 0 Å². The molecular weight excluding hydrogens is 528 g/mol. The number of hydrogen-bond acceptors (Lipinski definition) is 4. The molecule has 4 nitrogen and oxygen atoms in total. The lowest BCUT2D eigenvalue weighted by atomic mass is 9.98. The molecule has 43 heavy (non-hydrogen) atoms. The van der Waals surface area contributed by atoms with Crippen LogP contribution in [0.2, 0.25) is 0 Å². The van der Waals surface area contributed by atoms with Gasteiger partial charge in [-0.05, 0) is 52.6 Å². The van der Waals surface area contributed by atoms with Crippen LogP contribution >= 0.6 is 0 Å². The van der Waals surface area contributed by atoms with Gasteiger partial charge in [0.15, 0.2) is 5.58 Å². The first-order valence-corrected chi connectivity index (χ1v) is 14.4. The number of anilines is 3. The molecule has 0 fully saturated rings. The van der Waals surface area contributed by atoms with E-state index in [4.69, 9.17) is 13.8 Å².